The number of hydrogen-bond donors (Lipinski definition) is 2. The number of nitrogens with one attached hydrogen (secondary N) is 2. The predicted octanol–water partition coefficient (Wildman–Crippen LogP) is 3.74. The lowest BCUT2D eigenvalue weighted by Crippen LogP contribution is -2.55. The maximum atomic E-state index is 13.4. The Labute approximate surface area is 167 Å². The lowest BCUT2D eigenvalue weighted by atomic mass is 9.91. The molecule has 1 heterocycles. The van der Waals surface area contributed by atoms with E-state index in [2.05, 4.69) is 10.3 Å². The van der Waals surface area contributed by atoms with Gasteiger partial charge in [-0.05, 0) is 53.0 Å². The minimum atomic E-state index is -0.624. The van der Waals surface area contributed by atoms with Gasteiger partial charge in [-0.3, -0.25) is 4.79 Å². The van der Waals surface area contributed by atoms with Crippen LogP contribution in [0.5, 0.6) is 0 Å². The molecule has 1 saturated carbocycles. The van der Waals surface area contributed by atoms with Crippen LogP contribution in [0.15, 0.2) is 0 Å². The number of ketones is 1. The molecular formula is C21H33N3O4. The van der Waals surface area contributed by atoms with Crippen molar-refractivity contribution in [2.75, 3.05) is 7.11 Å². The number of aromatic nitrogens is 1. The van der Waals surface area contributed by atoms with E-state index in [1.807, 2.05) is 13.8 Å². The van der Waals surface area contributed by atoms with E-state index in [9.17, 15) is 14.4 Å². The molecule has 7 heteroatoms. The molecule has 0 unspecified atom stereocenters. The second-order valence-corrected chi connectivity index (χ2v) is 7.96. The number of aromatic amines is 1. The van der Waals surface area contributed by atoms with Gasteiger partial charge in [0.15, 0.2) is 5.78 Å². The zero-order chi connectivity index (χ0) is 21.0. The summed E-state index contributed by atoms with van der Waals surface area (Å²) >= 11 is 0. The molecule has 0 radical (unpaired) electrons. The smallest absolute Gasteiger partial charge is 0.354 e. The topological polar surface area (TPSA) is 91.5 Å². The highest BCUT2D eigenvalue weighted by Crippen LogP contribution is 2.27. The molecule has 156 valence electrons. The van der Waals surface area contributed by atoms with Crippen molar-refractivity contribution in [3.63, 3.8) is 0 Å². The van der Waals surface area contributed by atoms with Gasteiger partial charge in [0.2, 0.25) is 0 Å². The minimum absolute atomic E-state index is 0.0115. The van der Waals surface area contributed by atoms with E-state index in [0.29, 0.717) is 16.8 Å². The van der Waals surface area contributed by atoms with Gasteiger partial charge in [-0.1, -0.05) is 19.3 Å². The molecule has 1 aliphatic carbocycles. The van der Waals surface area contributed by atoms with Gasteiger partial charge in [0.25, 0.3) is 0 Å². The van der Waals surface area contributed by atoms with Crippen LogP contribution >= 0.6 is 0 Å². The van der Waals surface area contributed by atoms with Crippen LogP contribution in [0.4, 0.5) is 4.79 Å². The summed E-state index contributed by atoms with van der Waals surface area (Å²) in [6, 6.07) is -0.795. The normalized spacial score (nSPS) is 16.0. The van der Waals surface area contributed by atoms with Crippen molar-refractivity contribution < 1.29 is 19.1 Å². The molecule has 2 rings (SSSR count). The fourth-order valence-corrected chi connectivity index (χ4v) is 4.10. The summed E-state index contributed by atoms with van der Waals surface area (Å²) < 4.78 is 4.79. The highest BCUT2D eigenvalue weighted by atomic mass is 16.5. The highest BCUT2D eigenvalue weighted by molar-refractivity contribution is 6.06. The summed E-state index contributed by atoms with van der Waals surface area (Å²) in [5.41, 5.74) is 1.93. The van der Waals surface area contributed by atoms with Crippen LogP contribution in [-0.2, 0) is 4.74 Å². The third-order valence-corrected chi connectivity index (χ3v) is 5.48. The Balaban J connectivity index is 2.36. The van der Waals surface area contributed by atoms with Gasteiger partial charge in [0, 0.05) is 23.3 Å². The Morgan fingerprint density at radius 2 is 1.71 bits per heavy atom. The largest absolute Gasteiger partial charge is 0.464 e. The number of carbonyl (C=O) groups is 3. The Hall–Kier alpha value is -2.31. The third kappa shape index (κ3) is 4.56. The zero-order valence-electron chi connectivity index (χ0n) is 17.8. The molecule has 0 saturated heterocycles. The molecule has 0 spiro atoms. The molecule has 1 fully saturated rings. The first-order chi connectivity index (χ1) is 13.2. The van der Waals surface area contributed by atoms with Crippen LogP contribution in [0.3, 0.4) is 0 Å². The number of nitrogens with zero attached hydrogens (tertiary/aromatic N) is 1. The SMILES string of the molecule is COC(=O)c1[nH]c(C)c(C(=O)[C@H](C)N(C(=O)NC(C)C)C2CCCCC2)c1C. The first kappa shape index (κ1) is 22.0. The second-order valence-electron chi connectivity index (χ2n) is 7.96. The van der Waals surface area contributed by atoms with Crippen LogP contribution in [0.25, 0.3) is 0 Å². The van der Waals surface area contributed by atoms with E-state index in [-0.39, 0.29) is 29.6 Å². The van der Waals surface area contributed by atoms with E-state index < -0.39 is 12.0 Å². The second kappa shape index (κ2) is 9.26. The summed E-state index contributed by atoms with van der Waals surface area (Å²) in [7, 11) is 1.31. The molecule has 1 aromatic rings. The lowest BCUT2D eigenvalue weighted by Gasteiger charge is -2.38. The molecule has 2 amide bonds. The molecule has 0 aromatic carbocycles. The average molecular weight is 392 g/mol. The fraction of sp³-hybridized carbons (Fsp3) is 0.667. The third-order valence-electron chi connectivity index (χ3n) is 5.48. The summed E-state index contributed by atoms with van der Waals surface area (Å²) in [5.74, 6) is -0.667. The Kier molecular flexibility index (Phi) is 7.27. The molecule has 1 atom stereocenters. The number of hydrogen-bond acceptors (Lipinski definition) is 4. The van der Waals surface area contributed by atoms with Crippen molar-refractivity contribution in [3.05, 3.63) is 22.5 Å². The van der Waals surface area contributed by atoms with E-state index in [4.69, 9.17) is 4.74 Å². The number of ether oxygens (including phenoxy) is 1. The minimum Gasteiger partial charge on any atom is -0.464 e. The van der Waals surface area contributed by atoms with Crippen LogP contribution < -0.4 is 5.32 Å². The number of H-pyrrole nitrogens is 1. The van der Waals surface area contributed by atoms with Gasteiger partial charge in [-0.25, -0.2) is 9.59 Å². The van der Waals surface area contributed by atoms with Crippen molar-refractivity contribution in [2.45, 2.75) is 84.8 Å². The monoisotopic (exact) mass is 391 g/mol. The Bertz CT molecular complexity index is 732. The Morgan fingerprint density at radius 1 is 1.11 bits per heavy atom. The summed E-state index contributed by atoms with van der Waals surface area (Å²) in [5, 5.41) is 2.94. The summed E-state index contributed by atoms with van der Waals surface area (Å²) in [6.45, 7) is 9.09. The predicted molar refractivity (Wildman–Crippen MR) is 108 cm³/mol. The highest BCUT2D eigenvalue weighted by Gasteiger charge is 2.35. The lowest BCUT2D eigenvalue weighted by molar-refractivity contribution is 0.0593. The summed E-state index contributed by atoms with van der Waals surface area (Å²) in [6.07, 6.45) is 5.09. The van der Waals surface area contributed by atoms with E-state index in [1.165, 1.54) is 7.11 Å². The van der Waals surface area contributed by atoms with E-state index in [0.717, 1.165) is 32.1 Å². The molecule has 1 aliphatic rings. The number of methoxy groups -OCH3 is 1. The first-order valence-corrected chi connectivity index (χ1v) is 10.1. The maximum Gasteiger partial charge on any atom is 0.354 e. The van der Waals surface area contributed by atoms with Crippen molar-refractivity contribution in [1.29, 1.82) is 0 Å². The average Bonchev–Trinajstić information content (AvgIpc) is 2.95. The van der Waals surface area contributed by atoms with E-state index in [1.54, 1.807) is 25.7 Å². The number of urea groups is 1. The molecule has 2 N–H and O–H groups in total. The molecule has 1 aromatic heterocycles. The number of carbonyl (C=O) groups excluding carboxylic acids is 3. The van der Waals surface area contributed by atoms with Gasteiger partial charge >= 0.3 is 12.0 Å². The van der Waals surface area contributed by atoms with Gasteiger partial charge in [0.05, 0.1) is 13.2 Å². The molecule has 7 nitrogen and oxygen atoms in total. The molecular weight excluding hydrogens is 358 g/mol. The number of Topliss-reactive ketones (excluding diaryl/α,β-unsaturated/α-hetero) is 1. The van der Waals surface area contributed by atoms with Gasteiger partial charge in [-0.15, -0.1) is 0 Å². The van der Waals surface area contributed by atoms with Gasteiger partial charge in [-0.2, -0.15) is 0 Å². The van der Waals surface area contributed by atoms with Crippen LogP contribution in [0.1, 0.15) is 85.0 Å². The quantitative estimate of drug-likeness (QED) is 0.571. The fourth-order valence-electron chi connectivity index (χ4n) is 4.10. The van der Waals surface area contributed by atoms with Crippen LogP contribution in [0, 0.1) is 13.8 Å². The van der Waals surface area contributed by atoms with Crippen molar-refractivity contribution in [1.82, 2.24) is 15.2 Å². The van der Waals surface area contributed by atoms with Crippen LogP contribution in [-0.4, -0.2) is 52.9 Å². The Morgan fingerprint density at radius 3 is 2.25 bits per heavy atom. The number of aryl methyl sites for hydroxylation is 1. The molecule has 28 heavy (non-hydrogen) atoms. The first-order valence-electron chi connectivity index (χ1n) is 10.1. The van der Waals surface area contributed by atoms with Crippen molar-refractivity contribution >= 4 is 17.8 Å². The van der Waals surface area contributed by atoms with Crippen molar-refractivity contribution in [2.24, 2.45) is 0 Å². The van der Waals surface area contributed by atoms with Crippen molar-refractivity contribution in [3.8, 4) is 0 Å². The standard InChI is InChI=1S/C21H33N3O4/c1-12(2)22-21(27)24(16-10-8-7-9-11-16)15(5)19(25)17-13(3)18(20(26)28-6)23-14(17)4/h12,15-16,23H,7-11H2,1-6H3,(H,22,27)/t15-/m0/s1. The number of amides is 2. The maximum absolute atomic E-state index is 13.4. The molecule has 0 bridgehead atoms. The number of rotatable bonds is 6. The van der Waals surface area contributed by atoms with E-state index >= 15 is 0 Å². The van der Waals surface area contributed by atoms with Gasteiger partial charge < -0.3 is 19.9 Å². The van der Waals surface area contributed by atoms with Crippen LogP contribution in [0.2, 0.25) is 0 Å². The number of esters is 1. The molecule has 0 aliphatic heterocycles. The van der Waals surface area contributed by atoms with Gasteiger partial charge in [0.1, 0.15) is 5.69 Å². The zero-order valence-corrected chi connectivity index (χ0v) is 17.8. The summed E-state index contributed by atoms with van der Waals surface area (Å²) in [4.78, 5) is 43.0.